The van der Waals surface area contributed by atoms with Gasteiger partial charge in [-0.15, -0.1) is 0 Å². The highest BCUT2D eigenvalue weighted by Crippen LogP contribution is 2.22. The van der Waals surface area contributed by atoms with Crippen molar-refractivity contribution < 1.29 is 18.3 Å². The molecule has 0 radical (unpaired) electrons. The average molecular weight is 332 g/mol. The Labute approximate surface area is 136 Å². The summed E-state index contributed by atoms with van der Waals surface area (Å²) in [5.41, 5.74) is 0.944. The van der Waals surface area contributed by atoms with Gasteiger partial charge in [-0.05, 0) is 42.5 Å². The zero-order chi connectivity index (χ0) is 16.2. The highest BCUT2D eigenvalue weighted by molar-refractivity contribution is 6.30. The van der Waals surface area contributed by atoms with E-state index in [1.807, 2.05) is 0 Å². The third-order valence-corrected chi connectivity index (χ3v) is 3.32. The van der Waals surface area contributed by atoms with Crippen LogP contribution in [0.3, 0.4) is 0 Å². The van der Waals surface area contributed by atoms with E-state index >= 15 is 0 Å². The van der Waals surface area contributed by atoms with Gasteiger partial charge >= 0.3 is 5.97 Å². The molecule has 0 aliphatic heterocycles. The van der Waals surface area contributed by atoms with Gasteiger partial charge in [-0.1, -0.05) is 17.7 Å². The normalized spacial score (nSPS) is 10.5. The van der Waals surface area contributed by atoms with Crippen molar-refractivity contribution in [3.05, 3.63) is 77.0 Å². The first-order chi connectivity index (χ1) is 11.1. The van der Waals surface area contributed by atoms with Gasteiger partial charge in [0.2, 0.25) is 5.89 Å². The Morgan fingerprint density at radius 2 is 2.00 bits per heavy atom. The van der Waals surface area contributed by atoms with Crippen LogP contribution >= 0.6 is 11.6 Å². The molecule has 6 heteroatoms. The van der Waals surface area contributed by atoms with Crippen LogP contribution < -0.4 is 0 Å². The highest BCUT2D eigenvalue weighted by Gasteiger charge is 2.11. The number of hydrogen-bond donors (Lipinski definition) is 0. The SMILES string of the molecule is O=C(OCc1ncc(-c2ccc(Cl)cc2)o1)c1cccc(F)c1. The summed E-state index contributed by atoms with van der Waals surface area (Å²) in [6.07, 6.45) is 1.54. The average Bonchev–Trinajstić information content (AvgIpc) is 3.02. The number of esters is 1. The van der Waals surface area contributed by atoms with Crippen LogP contribution in [0.4, 0.5) is 4.39 Å². The van der Waals surface area contributed by atoms with Crippen LogP contribution in [0.5, 0.6) is 0 Å². The predicted octanol–water partition coefficient (Wildman–Crippen LogP) is 4.49. The fourth-order valence-electron chi connectivity index (χ4n) is 1.95. The molecule has 23 heavy (non-hydrogen) atoms. The van der Waals surface area contributed by atoms with Crippen molar-refractivity contribution in [1.82, 2.24) is 4.98 Å². The van der Waals surface area contributed by atoms with Gasteiger partial charge in [-0.25, -0.2) is 14.2 Å². The van der Waals surface area contributed by atoms with Crippen molar-refractivity contribution in [3.63, 3.8) is 0 Å². The molecule has 0 unspecified atom stereocenters. The van der Waals surface area contributed by atoms with E-state index in [2.05, 4.69) is 4.98 Å². The van der Waals surface area contributed by atoms with E-state index in [1.165, 1.54) is 24.4 Å². The number of aromatic nitrogens is 1. The summed E-state index contributed by atoms with van der Waals surface area (Å²) >= 11 is 5.83. The number of benzene rings is 2. The number of hydrogen-bond acceptors (Lipinski definition) is 4. The summed E-state index contributed by atoms with van der Waals surface area (Å²) < 4.78 is 23.6. The third kappa shape index (κ3) is 3.76. The smallest absolute Gasteiger partial charge is 0.338 e. The third-order valence-electron chi connectivity index (χ3n) is 3.07. The largest absolute Gasteiger partial charge is 0.452 e. The van der Waals surface area contributed by atoms with Crippen LogP contribution in [0.2, 0.25) is 5.02 Å². The number of rotatable bonds is 4. The van der Waals surface area contributed by atoms with Gasteiger partial charge in [-0.3, -0.25) is 0 Å². The van der Waals surface area contributed by atoms with Crippen LogP contribution in [0, 0.1) is 5.82 Å². The van der Waals surface area contributed by atoms with E-state index in [9.17, 15) is 9.18 Å². The number of carbonyl (C=O) groups excluding carboxylic acids is 1. The van der Waals surface area contributed by atoms with Gasteiger partial charge in [0, 0.05) is 10.6 Å². The highest BCUT2D eigenvalue weighted by atomic mass is 35.5. The lowest BCUT2D eigenvalue weighted by atomic mass is 10.2. The van der Waals surface area contributed by atoms with Crippen LogP contribution in [0.25, 0.3) is 11.3 Å². The van der Waals surface area contributed by atoms with Crippen molar-refractivity contribution in [2.24, 2.45) is 0 Å². The summed E-state index contributed by atoms with van der Waals surface area (Å²) in [6.45, 7) is -0.136. The Bertz CT molecular complexity index is 830. The zero-order valence-corrected chi connectivity index (χ0v) is 12.6. The molecule has 1 aromatic heterocycles. The summed E-state index contributed by atoms with van der Waals surface area (Å²) in [4.78, 5) is 15.9. The summed E-state index contributed by atoms with van der Waals surface area (Å²) in [7, 11) is 0. The van der Waals surface area contributed by atoms with Gasteiger partial charge < -0.3 is 9.15 Å². The first-order valence-corrected chi connectivity index (χ1v) is 7.13. The van der Waals surface area contributed by atoms with E-state index in [4.69, 9.17) is 20.8 Å². The van der Waals surface area contributed by atoms with E-state index in [1.54, 1.807) is 24.3 Å². The molecule has 0 saturated carbocycles. The van der Waals surface area contributed by atoms with Crippen molar-refractivity contribution in [3.8, 4) is 11.3 Å². The van der Waals surface area contributed by atoms with Crippen LogP contribution in [0.1, 0.15) is 16.2 Å². The first-order valence-electron chi connectivity index (χ1n) is 6.75. The molecular formula is C17H11ClFNO3. The van der Waals surface area contributed by atoms with E-state index in [-0.39, 0.29) is 18.1 Å². The molecule has 116 valence electrons. The number of halogens is 2. The minimum Gasteiger partial charge on any atom is -0.452 e. The van der Waals surface area contributed by atoms with Crippen LogP contribution in [0.15, 0.2) is 59.1 Å². The number of nitrogens with zero attached hydrogens (tertiary/aromatic N) is 1. The van der Waals surface area contributed by atoms with Crippen molar-refractivity contribution in [2.45, 2.75) is 6.61 Å². The minimum absolute atomic E-state index is 0.134. The quantitative estimate of drug-likeness (QED) is 0.661. The fourth-order valence-corrected chi connectivity index (χ4v) is 2.08. The summed E-state index contributed by atoms with van der Waals surface area (Å²) in [5.74, 6) is -0.352. The Kier molecular flexibility index (Phi) is 4.39. The molecule has 3 rings (SSSR count). The topological polar surface area (TPSA) is 52.3 Å². The number of carbonyl (C=O) groups is 1. The molecule has 1 heterocycles. The Morgan fingerprint density at radius 1 is 1.22 bits per heavy atom. The maximum atomic E-state index is 13.1. The first kappa shape index (κ1) is 15.2. The second kappa shape index (κ2) is 6.62. The Balaban J connectivity index is 1.65. The molecular weight excluding hydrogens is 321 g/mol. The molecule has 0 bridgehead atoms. The standard InChI is InChI=1S/C17H11ClFNO3/c18-13-6-4-11(5-7-13)15-9-20-16(23-15)10-22-17(21)12-2-1-3-14(19)8-12/h1-9H,10H2. The van der Waals surface area contributed by atoms with E-state index in [0.717, 1.165) is 11.6 Å². The Morgan fingerprint density at radius 3 is 2.74 bits per heavy atom. The molecule has 0 aliphatic carbocycles. The maximum absolute atomic E-state index is 13.1. The second-order valence-corrected chi connectivity index (χ2v) is 5.15. The van der Waals surface area contributed by atoms with Gasteiger partial charge in [0.25, 0.3) is 0 Å². The van der Waals surface area contributed by atoms with Crippen LogP contribution in [-0.2, 0) is 11.3 Å². The van der Waals surface area contributed by atoms with Crippen LogP contribution in [-0.4, -0.2) is 11.0 Å². The molecule has 0 atom stereocenters. The molecule has 0 amide bonds. The molecule has 0 aliphatic rings. The van der Waals surface area contributed by atoms with Gasteiger partial charge in [0.1, 0.15) is 5.82 Å². The zero-order valence-electron chi connectivity index (χ0n) is 11.8. The van der Waals surface area contributed by atoms with Crippen molar-refractivity contribution >= 4 is 17.6 Å². The molecule has 0 fully saturated rings. The van der Waals surface area contributed by atoms with Crippen molar-refractivity contribution in [2.75, 3.05) is 0 Å². The summed E-state index contributed by atoms with van der Waals surface area (Å²) in [5, 5.41) is 0.623. The van der Waals surface area contributed by atoms with Gasteiger partial charge in [-0.2, -0.15) is 0 Å². The monoisotopic (exact) mass is 331 g/mol. The minimum atomic E-state index is -0.643. The van der Waals surface area contributed by atoms with Crippen molar-refractivity contribution in [1.29, 1.82) is 0 Å². The lowest BCUT2D eigenvalue weighted by Gasteiger charge is -2.02. The summed E-state index contributed by atoms with van der Waals surface area (Å²) in [6, 6.07) is 12.3. The molecule has 0 N–H and O–H groups in total. The molecule has 3 aromatic rings. The maximum Gasteiger partial charge on any atom is 0.338 e. The van der Waals surface area contributed by atoms with Gasteiger partial charge in [0.05, 0.1) is 11.8 Å². The number of oxazole rings is 1. The Hall–Kier alpha value is -2.66. The number of ether oxygens (including phenoxy) is 1. The lowest BCUT2D eigenvalue weighted by molar-refractivity contribution is 0.0438. The molecule has 2 aromatic carbocycles. The van der Waals surface area contributed by atoms with E-state index < -0.39 is 11.8 Å². The predicted molar refractivity (Wildman–Crippen MR) is 82.5 cm³/mol. The molecule has 0 spiro atoms. The molecule has 4 nitrogen and oxygen atoms in total. The lowest BCUT2D eigenvalue weighted by Crippen LogP contribution is -2.05. The second-order valence-electron chi connectivity index (χ2n) is 4.71. The van der Waals surface area contributed by atoms with Gasteiger partial charge in [0.15, 0.2) is 12.4 Å². The molecule has 0 saturated heterocycles. The van der Waals surface area contributed by atoms with E-state index in [0.29, 0.717) is 10.8 Å². The fraction of sp³-hybridized carbons (Fsp3) is 0.0588.